The molecule has 1 aromatic carbocycles. The highest BCUT2D eigenvalue weighted by atomic mass is 32.1. The SMILES string of the molecule is Cn1ccc(-c2sc3nc(-c4ncc[nH]4)nc(NC4CC[C@H](CO)C4)c3c2-c2ccccc2)n1. The fourth-order valence-corrected chi connectivity index (χ4v) is 5.92. The van der Waals surface area contributed by atoms with Crippen molar-refractivity contribution in [2.24, 2.45) is 13.0 Å². The highest BCUT2D eigenvalue weighted by Gasteiger charge is 2.28. The fourth-order valence-electron chi connectivity index (χ4n) is 4.76. The second-order valence-electron chi connectivity index (χ2n) is 8.76. The number of H-pyrrole nitrogens is 1. The van der Waals surface area contributed by atoms with Gasteiger partial charge in [0.15, 0.2) is 11.6 Å². The Morgan fingerprint density at radius 3 is 2.76 bits per heavy atom. The van der Waals surface area contributed by atoms with Gasteiger partial charge < -0.3 is 15.4 Å². The van der Waals surface area contributed by atoms with Gasteiger partial charge in [0.1, 0.15) is 16.3 Å². The van der Waals surface area contributed by atoms with Gasteiger partial charge in [-0.2, -0.15) is 5.10 Å². The van der Waals surface area contributed by atoms with Crippen LogP contribution in [0, 0.1) is 5.92 Å². The third-order valence-electron chi connectivity index (χ3n) is 6.41. The van der Waals surface area contributed by atoms with E-state index in [0.717, 1.165) is 57.0 Å². The van der Waals surface area contributed by atoms with Crippen molar-refractivity contribution < 1.29 is 5.11 Å². The van der Waals surface area contributed by atoms with Gasteiger partial charge in [0.25, 0.3) is 0 Å². The lowest BCUT2D eigenvalue weighted by Crippen LogP contribution is -2.18. The van der Waals surface area contributed by atoms with Crippen molar-refractivity contribution in [1.82, 2.24) is 29.7 Å². The summed E-state index contributed by atoms with van der Waals surface area (Å²) >= 11 is 1.63. The van der Waals surface area contributed by atoms with E-state index >= 15 is 0 Å². The zero-order valence-corrected chi connectivity index (χ0v) is 19.6. The number of nitrogens with one attached hydrogen (secondary N) is 2. The molecule has 1 aliphatic carbocycles. The van der Waals surface area contributed by atoms with Gasteiger partial charge in [0.2, 0.25) is 0 Å². The number of aromatic nitrogens is 6. The predicted octanol–water partition coefficient (Wildman–Crippen LogP) is 4.72. The van der Waals surface area contributed by atoms with E-state index in [1.54, 1.807) is 23.7 Å². The first-order chi connectivity index (χ1) is 16.7. The molecule has 1 saturated carbocycles. The van der Waals surface area contributed by atoms with Crippen molar-refractivity contribution >= 4 is 27.4 Å². The molecular formula is C25H25N7OS. The Bertz CT molecular complexity index is 1420. The molecule has 6 rings (SSSR count). The Labute approximate surface area is 200 Å². The maximum absolute atomic E-state index is 9.64. The molecule has 4 aromatic heterocycles. The van der Waals surface area contributed by atoms with E-state index in [1.807, 2.05) is 30.1 Å². The summed E-state index contributed by atoms with van der Waals surface area (Å²) in [5.74, 6) is 2.33. The van der Waals surface area contributed by atoms with Crippen LogP contribution >= 0.6 is 11.3 Å². The molecule has 0 amide bonds. The average Bonchev–Trinajstić information content (AvgIpc) is 3.65. The average molecular weight is 472 g/mol. The summed E-state index contributed by atoms with van der Waals surface area (Å²) < 4.78 is 1.82. The number of aliphatic hydroxyl groups is 1. The zero-order chi connectivity index (χ0) is 23.1. The van der Waals surface area contributed by atoms with Crippen molar-refractivity contribution in [2.75, 3.05) is 11.9 Å². The van der Waals surface area contributed by atoms with Gasteiger partial charge in [-0.1, -0.05) is 30.3 Å². The maximum atomic E-state index is 9.64. The Morgan fingerprint density at radius 1 is 1.18 bits per heavy atom. The van der Waals surface area contributed by atoms with E-state index in [9.17, 15) is 5.11 Å². The Kier molecular flexibility index (Phi) is 5.35. The van der Waals surface area contributed by atoms with E-state index in [1.165, 1.54) is 0 Å². The minimum absolute atomic E-state index is 0.229. The highest BCUT2D eigenvalue weighted by molar-refractivity contribution is 7.22. The number of aromatic amines is 1. The first kappa shape index (κ1) is 21.0. The van der Waals surface area contributed by atoms with Crippen LogP contribution in [0.4, 0.5) is 5.82 Å². The van der Waals surface area contributed by atoms with E-state index < -0.39 is 0 Å². The fraction of sp³-hybridized carbons (Fsp3) is 0.280. The largest absolute Gasteiger partial charge is 0.396 e. The number of hydrogen-bond acceptors (Lipinski definition) is 7. The zero-order valence-electron chi connectivity index (χ0n) is 18.8. The lowest BCUT2D eigenvalue weighted by molar-refractivity contribution is 0.229. The molecule has 34 heavy (non-hydrogen) atoms. The van der Waals surface area contributed by atoms with Crippen molar-refractivity contribution in [3.63, 3.8) is 0 Å². The molecule has 1 fully saturated rings. The van der Waals surface area contributed by atoms with Gasteiger partial charge >= 0.3 is 0 Å². The molecule has 3 N–H and O–H groups in total. The lowest BCUT2D eigenvalue weighted by atomic mass is 10.0. The van der Waals surface area contributed by atoms with Gasteiger partial charge in [-0.25, -0.2) is 15.0 Å². The number of benzene rings is 1. The summed E-state index contributed by atoms with van der Waals surface area (Å²) in [4.78, 5) is 19.4. The molecule has 0 saturated heterocycles. The molecule has 0 bridgehead atoms. The topological polar surface area (TPSA) is 105 Å². The molecule has 1 aliphatic rings. The molecule has 0 aliphatic heterocycles. The number of hydrogen-bond donors (Lipinski definition) is 3. The van der Waals surface area contributed by atoms with Crippen LogP contribution in [0.1, 0.15) is 19.3 Å². The standard InChI is InChI=1S/C25H25N7OS/c1-32-12-9-18(31-32)21-19(16-5-3-2-4-6-16)20-22(28-17-8-7-15(13-17)14-33)29-24(30-25(20)34-21)23-26-10-11-27-23/h2-6,9-12,15,17,33H,7-8,13-14H2,1H3,(H,26,27)(H,28,29,30)/t15-,17?/m0/s1. The number of fused-ring (bicyclic) bond motifs is 1. The number of imidazole rings is 1. The van der Waals surface area contributed by atoms with Crippen molar-refractivity contribution in [2.45, 2.75) is 25.3 Å². The molecule has 2 atom stereocenters. The summed E-state index contributed by atoms with van der Waals surface area (Å²) in [5.41, 5.74) is 3.10. The number of rotatable bonds is 6. The number of nitrogens with zero attached hydrogens (tertiary/aromatic N) is 5. The van der Waals surface area contributed by atoms with Crippen LogP contribution in [-0.4, -0.2) is 47.5 Å². The minimum Gasteiger partial charge on any atom is -0.396 e. The molecule has 8 nitrogen and oxygen atoms in total. The summed E-state index contributed by atoms with van der Waals surface area (Å²) in [5, 5.41) is 19.1. The normalized spacial score (nSPS) is 18.1. The van der Waals surface area contributed by atoms with Gasteiger partial charge in [-0.15, -0.1) is 11.3 Å². The second-order valence-corrected chi connectivity index (χ2v) is 9.76. The minimum atomic E-state index is 0.229. The summed E-state index contributed by atoms with van der Waals surface area (Å²) in [6, 6.07) is 12.7. The van der Waals surface area contributed by atoms with Gasteiger partial charge in [0.05, 0.1) is 10.3 Å². The van der Waals surface area contributed by atoms with Gasteiger partial charge in [-0.05, 0) is 36.8 Å². The van der Waals surface area contributed by atoms with E-state index in [0.29, 0.717) is 17.6 Å². The Morgan fingerprint density at radius 2 is 2.06 bits per heavy atom. The van der Waals surface area contributed by atoms with Crippen LogP contribution in [-0.2, 0) is 7.05 Å². The van der Waals surface area contributed by atoms with Gasteiger partial charge in [0, 0.05) is 43.9 Å². The highest BCUT2D eigenvalue weighted by Crippen LogP contribution is 2.46. The molecule has 1 unspecified atom stereocenters. The summed E-state index contributed by atoms with van der Waals surface area (Å²) in [6.45, 7) is 0.229. The third kappa shape index (κ3) is 3.76. The van der Waals surface area contributed by atoms with Crippen LogP contribution in [0.15, 0.2) is 55.0 Å². The van der Waals surface area contributed by atoms with Crippen LogP contribution < -0.4 is 5.32 Å². The molecular weight excluding hydrogens is 446 g/mol. The van der Waals surface area contributed by atoms with Crippen LogP contribution in [0.2, 0.25) is 0 Å². The maximum Gasteiger partial charge on any atom is 0.199 e. The summed E-state index contributed by atoms with van der Waals surface area (Å²) in [6.07, 6.45) is 8.40. The Hall–Kier alpha value is -3.56. The number of anilines is 1. The smallest absolute Gasteiger partial charge is 0.199 e. The molecule has 9 heteroatoms. The van der Waals surface area contributed by atoms with E-state index in [2.05, 4.69) is 39.6 Å². The first-order valence-corrected chi connectivity index (χ1v) is 12.3. The molecule has 0 spiro atoms. The van der Waals surface area contributed by atoms with Crippen molar-refractivity contribution in [3.8, 4) is 33.3 Å². The molecule has 0 radical (unpaired) electrons. The van der Waals surface area contributed by atoms with Crippen LogP contribution in [0.5, 0.6) is 0 Å². The van der Waals surface area contributed by atoms with Crippen molar-refractivity contribution in [3.05, 3.63) is 55.0 Å². The van der Waals surface area contributed by atoms with Crippen molar-refractivity contribution in [1.29, 1.82) is 0 Å². The molecule has 172 valence electrons. The lowest BCUT2D eigenvalue weighted by Gasteiger charge is -2.16. The monoisotopic (exact) mass is 471 g/mol. The quantitative estimate of drug-likeness (QED) is 0.331. The van der Waals surface area contributed by atoms with Crippen LogP contribution in [0.3, 0.4) is 0 Å². The van der Waals surface area contributed by atoms with Gasteiger partial charge in [-0.3, -0.25) is 4.68 Å². The third-order valence-corrected chi connectivity index (χ3v) is 7.52. The molecule has 5 aromatic rings. The number of aryl methyl sites for hydroxylation is 1. The predicted molar refractivity (Wildman–Crippen MR) is 134 cm³/mol. The van der Waals surface area contributed by atoms with E-state index in [4.69, 9.17) is 15.1 Å². The summed E-state index contributed by atoms with van der Waals surface area (Å²) in [7, 11) is 1.93. The number of thiophene rings is 1. The number of aliphatic hydroxyl groups excluding tert-OH is 1. The Balaban J connectivity index is 1.59. The van der Waals surface area contributed by atoms with E-state index in [-0.39, 0.29) is 12.6 Å². The molecule has 4 heterocycles. The second kappa shape index (κ2) is 8.66. The first-order valence-electron chi connectivity index (χ1n) is 11.5. The van der Waals surface area contributed by atoms with Crippen LogP contribution in [0.25, 0.3) is 43.6 Å².